The first kappa shape index (κ1) is 18.3. The number of benzene rings is 1. The third kappa shape index (κ3) is 3.95. The van der Waals surface area contributed by atoms with E-state index in [1.54, 1.807) is 17.0 Å². The second-order valence-electron chi connectivity index (χ2n) is 7.16. The van der Waals surface area contributed by atoms with E-state index in [0.29, 0.717) is 36.5 Å². The van der Waals surface area contributed by atoms with E-state index in [1.807, 2.05) is 0 Å². The predicted molar refractivity (Wildman–Crippen MR) is 97.4 cm³/mol. The molecule has 2 fully saturated rings. The maximum absolute atomic E-state index is 13.3. The molecule has 0 saturated carbocycles. The summed E-state index contributed by atoms with van der Waals surface area (Å²) in [6.07, 6.45) is 3.05. The average Bonchev–Trinajstić information content (AvgIpc) is 3.02. The molecule has 2 aromatic rings. The molecule has 1 aromatic heterocycles. The van der Waals surface area contributed by atoms with Crippen LogP contribution < -0.4 is 5.32 Å². The third-order valence-electron chi connectivity index (χ3n) is 5.16. The number of carbonyl (C=O) groups is 2. The lowest BCUT2D eigenvalue weighted by Crippen LogP contribution is -2.41. The Bertz CT molecular complexity index is 884. The number of fused-ring (bicyclic) bond motifs is 1. The minimum absolute atomic E-state index is 0.0584. The van der Waals surface area contributed by atoms with Gasteiger partial charge in [-0.1, -0.05) is 0 Å². The molecule has 2 amide bonds. The van der Waals surface area contributed by atoms with Gasteiger partial charge in [-0.15, -0.1) is 0 Å². The second kappa shape index (κ2) is 7.53. The fraction of sp³-hybridized carbons (Fsp3) is 0.350. The highest BCUT2D eigenvalue weighted by Crippen LogP contribution is 2.30. The van der Waals surface area contributed by atoms with Crippen LogP contribution in [0.25, 0.3) is 11.1 Å². The highest BCUT2D eigenvalue weighted by atomic mass is 19.1. The quantitative estimate of drug-likeness (QED) is 0.870. The topological polar surface area (TPSA) is 71.5 Å². The van der Waals surface area contributed by atoms with Crippen LogP contribution in [0.3, 0.4) is 0 Å². The molecule has 0 spiro atoms. The fourth-order valence-electron chi connectivity index (χ4n) is 3.78. The van der Waals surface area contributed by atoms with E-state index < -0.39 is 11.6 Å². The first-order chi connectivity index (χ1) is 13.5. The summed E-state index contributed by atoms with van der Waals surface area (Å²) < 4.78 is 31.7. The van der Waals surface area contributed by atoms with Crippen LogP contribution in [0.1, 0.15) is 19.3 Å². The van der Waals surface area contributed by atoms with E-state index >= 15 is 0 Å². The van der Waals surface area contributed by atoms with Gasteiger partial charge in [0, 0.05) is 30.8 Å². The van der Waals surface area contributed by atoms with E-state index in [9.17, 15) is 18.4 Å². The number of piperidine rings is 1. The molecule has 0 bridgehead atoms. The number of hydrogen-bond acceptors (Lipinski definition) is 4. The average molecular weight is 387 g/mol. The monoisotopic (exact) mass is 387 g/mol. The van der Waals surface area contributed by atoms with Crippen LogP contribution in [0, 0.1) is 17.6 Å². The predicted octanol–water partition coefficient (Wildman–Crippen LogP) is 3.59. The number of anilines is 1. The highest BCUT2D eigenvalue weighted by Gasteiger charge is 2.38. The zero-order valence-electron chi connectivity index (χ0n) is 15.0. The second-order valence-corrected chi connectivity index (χ2v) is 7.16. The summed E-state index contributed by atoms with van der Waals surface area (Å²) in [5, 5.41) is 2.75. The smallest absolute Gasteiger partial charge is 0.410 e. The molecule has 8 heteroatoms. The summed E-state index contributed by atoms with van der Waals surface area (Å²) >= 11 is 0. The number of cyclic esters (lactones) is 1. The number of carbonyl (C=O) groups excluding carboxylic acids is 2. The van der Waals surface area contributed by atoms with E-state index in [1.165, 1.54) is 18.3 Å². The highest BCUT2D eigenvalue weighted by molar-refractivity contribution is 5.90. The number of aromatic nitrogens is 1. The largest absolute Gasteiger partial charge is 0.447 e. The van der Waals surface area contributed by atoms with Crippen LogP contribution in [-0.4, -0.2) is 41.1 Å². The van der Waals surface area contributed by atoms with Gasteiger partial charge in [-0.05, 0) is 48.6 Å². The van der Waals surface area contributed by atoms with Crippen LogP contribution >= 0.6 is 0 Å². The van der Waals surface area contributed by atoms with Crippen molar-refractivity contribution in [3.63, 3.8) is 0 Å². The lowest BCUT2D eigenvalue weighted by molar-refractivity contribution is -0.117. The van der Waals surface area contributed by atoms with Gasteiger partial charge < -0.3 is 15.0 Å². The van der Waals surface area contributed by atoms with Gasteiger partial charge >= 0.3 is 6.09 Å². The number of hydrogen-bond donors (Lipinski definition) is 1. The van der Waals surface area contributed by atoms with E-state index in [2.05, 4.69) is 10.3 Å². The normalized spacial score (nSPS) is 21.2. The summed E-state index contributed by atoms with van der Waals surface area (Å²) in [5.74, 6) is -0.908. The number of pyridine rings is 1. The Morgan fingerprint density at radius 3 is 2.71 bits per heavy atom. The number of rotatable bonds is 4. The van der Waals surface area contributed by atoms with E-state index in [4.69, 9.17) is 4.74 Å². The lowest BCUT2D eigenvalue weighted by Gasteiger charge is -2.32. The Morgan fingerprint density at radius 1 is 1.21 bits per heavy atom. The molecule has 146 valence electrons. The van der Waals surface area contributed by atoms with E-state index in [0.717, 1.165) is 18.9 Å². The van der Waals surface area contributed by atoms with Crippen molar-refractivity contribution in [3.05, 3.63) is 48.2 Å². The van der Waals surface area contributed by atoms with Crippen molar-refractivity contribution in [2.45, 2.75) is 25.3 Å². The number of ether oxygens (including phenoxy) is 1. The summed E-state index contributed by atoms with van der Waals surface area (Å²) in [6, 6.07) is 6.57. The van der Waals surface area contributed by atoms with Gasteiger partial charge in [-0.2, -0.15) is 0 Å². The zero-order chi connectivity index (χ0) is 19.7. The van der Waals surface area contributed by atoms with Crippen LogP contribution in [-0.2, 0) is 9.53 Å². The molecule has 2 aliphatic rings. The van der Waals surface area contributed by atoms with Crippen molar-refractivity contribution in [1.29, 1.82) is 0 Å². The Labute approximate surface area is 160 Å². The van der Waals surface area contributed by atoms with Crippen molar-refractivity contribution in [1.82, 2.24) is 9.88 Å². The zero-order valence-corrected chi connectivity index (χ0v) is 15.0. The molecule has 1 N–H and O–H groups in total. The Hall–Kier alpha value is -3.03. The van der Waals surface area contributed by atoms with Crippen molar-refractivity contribution in [2.75, 3.05) is 18.5 Å². The third-order valence-corrected chi connectivity index (χ3v) is 5.16. The van der Waals surface area contributed by atoms with Crippen molar-refractivity contribution in [2.24, 2.45) is 5.92 Å². The van der Waals surface area contributed by atoms with Crippen molar-refractivity contribution < 1.29 is 23.1 Å². The minimum atomic E-state index is -0.659. The molecule has 1 aromatic carbocycles. The van der Waals surface area contributed by atoms with Gasteiger partial charge in [0.1, 0.15) is 24.1 Å². The first-order valence-corrected chi connectivity index (χ1v) is 9.14. The van der Waals surface area contributed by atoms with Gasteiger partial charge in [0.2, 0.25) is 5.91 Å². The summed E-state index contributed by atoms with van der Waals surface area (Å²) in [6.45, 7) is 0.999. The molecule has 0 aliphatic carbocycles. The van der Waals surface area contributed by atoms with Crippen molar-refractivity contribution in [3.8, 4) is 11.1 Å². The van der Waals surface area contributed by atoms with Gasteiger partial charge in [0.05, 0.1) is 6.04 Å². The van der Waals surface area contributed by atoms with E-state index in [-0.39, 0.29) is 24.0 Å². The maximum atomic E-state index is 13.3. The van der Waals surface area contributed by atoms with Crippen molar-refractivity contribution >= 4 is 17.8 Å². The van der Waals surface area contributed by atoms with Gasteiger partial charge in [-0.25, -0.2) is 18.6 Å². The lowest BCUT2D eigenvalue weighted by atomic mass is 9.89. The molecular formula is C20H19F2N3O3. The van der Waals surface area contributed by atoms with Crippen LogP contribution in [0.4, 0.5) is 19.4 Å². The summed E-state index contributed by atoms with van der Waals surface area (Å²) in [4.78, 5) is 29.7. The SMILES string of the molecule is O=C(CC1CCN2C(=O)OCC2C1)Nc1ccc(-c2cc(F)cc(F)c2)cn1. The molecular weight excluding hydrogens is 368 g/mol. The molecule has 4 rings (SSSR count). The van der Waals surface area contributed by atoms with Gasteiger partial charge in [0.25, 0.3) is 0 Å². The Balaban J connectivity index is 1.34. The molecule has 2 aliphatic heterocycles. The minimum Gasteiger partial charge on any atom is -0.447 e. The first-order valence-electron chi connectivity index (χ1n) is 9.14. The molecule has 3 heterocycles. The summed E-state index contributed by atoms with van der Waals surface area (Å²) in [5.41, 5.74) is 0.928. The molecule has 6 nitrogen and oxygen atoms in total. The molecule has 28 heavy (non-hydrogen) atoms. The molecule has 0 radical (unpaired) electrons. The number of amides is 2. The summed E-state index contributed by atoms with van der Waals surface area (Å²) in [7, 11) is 0. The number of nitrogens with zero attached hydrogens (tertiary/aromatic N) is 2. The van der Waals surface area contributed by atoms with Gasteiger partial charge in [0.15, 0.2) is 0 Å². The molecule has 2 unspecified atom stereocenters. The van der Waals surface area contributed by atoms with Crippen LogP contribution in [0.15, 0.2) is 36.5 Å². The van der Waals surface area contributed by atoms with Crippen LogP contribution in [0.5, 0.6) is 0 Å². The Kier molecular flexibility index (Phi) is 4.93. The Morgan fingerprint density at radius 2 is 2.00 bits per heavy atom. The number of halogens is 2. The fourth-order valence-corrected chi connectivity index (χ4v) is 3.78. The molecule has 2 saturated heterocycles. The van der Waals surface area contributed by atoms with Gasteiger partial charge in [-0.3, -0.25) is 4.79 Å². The van der Waals surface area contributed by atoms with Crippen LogP contribution in [0.2, 0.25) is 0 Å². The standard InChI is InChI=1S/C20H19F2N3O3/c21-15-7-14(8-16(22)9-15)13-1-2-18(23-10-13)24-19(26)6-12-3-4-25-17(5-12)11-28-20(25)27/h1-2,7-10,12,17H,3-6,11H2,(H,23,24,26). The molecule has 2 atom stereocenters. The number of nitrogens with one attached hydrogen (secondary N) is 1. The maximum Gasteiger partial charge on any atom is 0.410 e.